The molecule has 1 heteroatoms. The molecule has 0 aliphatic rings. The predicted octanol–water partition coefficient (Wildman–Crippen LogP) is 3.32. The van der Waals surface area contributed by atoms with Crippen molar-refractivity contribution in [1.82, 2.24) is 0 Å². The van der Waals surface area contributed by atoms with Gasteiger partial charge in [0, 0.05) is 0 Å². The Morgan fingerprint density at radius 1 is 0.800 bits per heavy atom. The van der Waals surface area contributed by atoms with E-state index >= 15 is 0 Å². The summed E-state index contributed by atoms with van der Waals surface area (Å²) in [7, 11) is 0. The first kappa shape index (κ1) is 10.8. The van der Waals surface area contributed by atoms with Gasteiger partial charge in [-0.05, 0) is 0 Å². The fraction of sp³-hybridized carbons (Fsp3) is 1.00. The zero-order valence-electron chi connectivity index (χ0n) is 7.10. The summed E-state index contributed by atoms with van der Waals surface area (Å²) >= 11 is 1.96. The molecule has 0 fully saturated rings. The molecule has 0 nitrogen and oxygen atoms in total. The van der Waals surface area contributed by atoms with Crippen LogP contribution in [0.4, 0.5) is 0 Å². The molecular formula is C9H19Sb. The van der Waals surface area contributed by atoms with Crippen molar-refractivity contribution in [2.24, 2.45) is 0 Å². The fourth-order valence-electron chi connectivity index (χ4n) is 1.07. The van der Waals surface area contributed by atoms with E-state index in [4.69, 9.17) is 0 Å². The van der Waals surface area contributed by atoms with Crippen molar-refractivity contribution >= 4 is 23.0 Å². The predicted molar refractivity (Wildman–Crippen MR) is 48.6 cm³/mol. The van der Waals surface area contributed by atoms with Gasteiger partial charge < -0.3 is 0 Å². The van der Waals surface area contributed by atoms with Gasteiger partial charge in [0.15, 0.2) is 0 Å². The molecule has 0 spiro atoms. The van der Waals surface area contributed by atoms with E-state index < -0.39 is 0 Å². The van der Waals surface area contributed by atoms with Crippen LogP contribution in [-0.2, 0) is 0 Å². The van der Waals surface area contributed by atoms with E-state index in [0.717, 1.165) is 0 Å². The fourth-order valence-corrected chi connectivity index (χ4v) is 1.71. The third kappa shape index (κ3) is 8.82. The first-order valence-corrected chi connectivity index (χ1v) is 6.33. The van der Waals surface area contributed by atoms with Crippen LogP contribution in [0.25, 0.3) is 0 Å². The second-order valence-corrected chi connectivity index (χ2v) is 4.12. The normalized spacial score (nSPS) is 10.2. The zero-order valence-corrected chi connectivity index (χ0v) is 9.66. The third-order valence-electron chi connectivity index (χ3n) is 1.76. The molecule has 0 N–H and O–H groups in total. The molecule has 10 heavy (non-hydrogen) atoms. The maximum absolute atomic E-state index is 2.27. The Balaban J connectivity index is 2.65. The third-order valence-corrected chi connectivity index (χ3v) is 2.66. The number of hydrogen-bond acceptors (Lipinski definition) is 0. The second-order valence-electron chi connectivity index (χ2n) is 2.84. The summed E-state index contributed by atoms with van der Waals surface area (Å²) in [5.74, 6) is 0. The molecule has 0 aromatic carbocycles. The van der Waals surface area contributed by atoms with Gasteiger partial charge in [0.25, 0.3) is 0 Å². The molecule has 0 aromatic heterocycles. The minimum atomic E-state index is 1.37. The number of unbranched alkanes of at least 4 members (excludes halogenated alkanes) is 6. The first-order chi connectivity index (χ1) is 4.91. The molecule has 0 atom stereocenters. The topological polar surface area (TPSA) is 0 Å². The monoisotopic (exact) mass is 248 g/mol. The van der Waals surface area contributed by atoms with Crippen molar-refractivity contribution in [3.63, 3.8) is 0 Å². The Bertz CT molecular complexity index is 44.7. The number of rotatable bonds is 7. The van der Waals surface area contributed by atoms with Crippen LogP contribution in [0.15, 0.2) is 0 Å². The first-order valence-electron chi connectivity index (χ1n) is 4.52. The van der Waals surface area contributed by atoms with Crippen LogP contribution in [0.5, 0.6) is 0 Å². The summed E-state index contributed by atoms with van der Waals surface area (Å²) in [4.78, 5) is 0. The molecule has 0 amide bonds. The Morgan fingerprint density at radius 2 is 1.30 bits per heavy atom. The summed E-state index contributed by atoms with van der Waals surface area (Å²) in [6.07, 6.45) is 10.1. The van der Waals surface area contributed by atoms with Gasteiger partial charge >= 0.3 is 79.3 Å². The van der Waals surface area contributed by atoms with Gasteiger partial charge in [-0.15, -0.1) is 0 Å². The van der Waals surface area contributed by atoms with Crippen molar-refractivity contribution < 1.29 is 0 Å². The molecule has 0 bridgehead atoms. The standard InChI is InChI=1S/C9H19.Sb/c1-3-5-7-9-8-6-4-2;/h1,3-9H2,2H3;. The summed E-state index contributed by atoms with van der Waals surface area (Å²) < 4.78 is 1.42. The molecular weight excluding hydrogens is 230 g/mol. The van der Waals surface area contributed by atoms with Gasteiger partial charge in [0.1, 0.15) is 0 Å². The molecule has 0 rings (SSSR count). The van der Waals surface area contributed by atoms with Gasteiger partial charge in [0.2, 0.25) is 0 Å². The Hall–Kier alpha value is 0.818. The van der Waals surface area contributed by atoms with E-state index in [-0.39, 0.29) is 0 Å². The molecule has 0 aliphatic heterocycles. The van der Waals surface area contributed by atoms with Crippen LogP contribution in [0.1, 0.15) is 51.9 Å². The second kappa shape index (κ2) is 9.82. The van der Waals surface area contributed by atoms with Crippen molar-refractivity contribution in [3.05, 3.63) is 0 Å². The van der Waals surface area contributed by atoms with Gasteiger partial charge in [0.05, 0.1) is 0 Å². The Morgan fingerprint density at radius 3 is 1.80 bits per heavy atom. The van der Waals surface area contributed by atoms with Gasteiger partial charge in [-0.3, -0.25) is 0 Å². The van der Waals surface area contributed by atoms with Crippen molar-refractivity contribution in [2.45, 2.75) is 56.2 Å². The molecule has 0 aliphatic carbocycles. The van der Waals surface area contributed by atoms with Crippen LogP contribution < -0.4 is 0 Å². The van der Waals surface area contributed by atoms with E-state index in [9.17, 15) is 0 Å². The van der Waals surface area contributed by atoms with Crippen molar-refractivity contribution in [1.29, 1.82) is 0 Å². The molecule has 0 heterocycles. The van der Waals surface area contributed by atoms with Crippen LogP contribution in [0, 0.1) is 0 Å². The van der Waals surface area contributed by atoms with Crippen molar-refractivity contribution in [3.8, 4) is 0 Å². The van der Waals surface area contributed by atoms with E-state index in [1.54, 1.807) is 0 Å². The van der Waals surface area contributed by atoms with E-state index in [0.29, 0.717) is 0 Å². The Labute approximate surface area is 79.3 Å². The summed E-state index contributed by atoms with van der Waals surface area (Å²) in [5, 5.41) is 0. The molecule has 0 saturated carbocycles. The molecule has 60 valence electrons. The van der Waals surface area contributed by atoms with Gasteiger partial charge in [-0.1, -0.05) is 0 Å². The van der Waals surface area contributed by atoms with Crippen molar-refractivity contribution in [2.75, 3.05) is 0 Å². The quantitative estimate of drug-likeness (QED) is 0.479. The van der Waals surface area contributed by atoms with Gasteiger partial charge in [-0.2, -0.15) is 0 Å². The molecule has 0 aromatic rings. The maximum atomic E-state index is 2.27. The number of hydrogen-bond donors (Lipinski definition) is 0. The summed E-state index contributed by atoms with van der Waals surface area (Å²) in [5.41, 5.74) is 0. The Kier molecular flexibility index (Phi) is 10.6. The summed E-state index contributed by atoms with van der Waals surface area (Å²) in [6, 6.07) is 0. The van der Waals surface area contributed by atoms with Crippen LogP contribution >= 0.6 is 0 Å². The van der Waals surface area contributed by atoms with Crippen LogP contribution in [0.2, 0.25) is 4.37 Å². The zero-order chi connectivity index (χ0) is 7.66. The average Bonchev–Trinajstić information content (AvgIpc) is 1.97. The van der Waals surface area contributed by atoms with Gasteiger partial charge in [-0.25, -0.2) is 0 Å². The van der Waals surface area contributed by atoms with Crippen LogP contribution in [-0.4, -0.2) is 23.0 Å². The minimum absolute atomic E-state index is 1.37. The van der Waals surface area contributed by atoms with E-state index in [2.05, 4.69) is 6.92 Å². The van der Waals surface area contributed by atoms with E-state index in [1.165, 1.54) is 49.3 Å². The average molecular weight is 249 g/mol. The molecule has 2 radical (unpaired) electrons. The molecule has 0 saturated heterocycles. The van der Waals surface area contributed by atoms with E-state index in [1.807, 2.05) is 23.0 Å². The summed E-state index contributed by atoms with van der Waals surface area (Å²) in [6.45, 7) is 2.27. The van der Waals surface area contributed by atoms with Crippen LogP contribution in [0.3, 0.4) is 0 Å². The SMILES string of the molecule is CCCCCCCC[CH2][Sb]. The molecule has 0 unspecified atom stereocenters.